The highest BCUT2D eigenvalue weighted by Gasteiger charge is 2.27. The van der Waals surface area contributed by atoms with Crippen LogP contribution in [0.4, 0.5) is 0 Å². The van der Waals surface area contributed by atoms with Gasteiger partial charge in [-0.25, -0.2) is 8.42 Å². The average molecular weight is 437 g/mol. The Hall–Kier alpha value is -2.02. The van der Waals surface area contributed by atoms with Gasteiger partial charge >= 0.3 is 0 Å². The van der Waals surface area contributed by atoms with Crippen molar-refractivity contribution in [1.29, 1.82) is 0 Å². The summed E-state index contributed by atoms with van der Waals surface area (Å²) in [5, 5.41) is 1.86. The Bertz CT molecular complexity index is 1170. The third-order valence-corrected chi connectivity index (χ3v) is 7.43. The van der Waals surface area contributed by atoms with Crippen molar-refractivity contribution in [3.05, 3.63) is 57.7 Å². The molecule has 1 aromatic heterocycles. The molecule has 2 aromatic carbocycles. The van der Waals surface area contributed by atoms with Crippen molar-refractivity contribution in [3.8, 4) is 11.1 Å². The lowest BCUT2D eigenvalue weighted by atomic mass is 9.91. The molecule has 0 aliphatic carbocycles. The van der Waals surface area contributed by atoms with E-state index in [1.54, 1.807) is 24.3 Å². The van der Waals surface area contributed by atoms with Gasteiger partial charge in [0.1, 0.15) is 9.84 Å². The Morgan fingerprint density at radius 1 is 1.00 bits per heavy atom. The molecule has 2 heterocycles. The topological polar surface area (TPSA) is 93.0 Å². The van der Waals surface area contributed by atoms with Gasteiger partial charge in [0.15, 0.2) is 0 Å². The lowest BCUT2D eigenvalue weighted by Gasteiger charge is -2.21. The van der Waals surface area contributed by atoms with Gasteiger partial charge in [0.25, 0.3) is 5.91 Å². The second kappa shape index (κ2) is 7.10. The van der Waals surface area contributed by atoms with Crippen molar-refractivity contribution in [2.75, 3.05) is 11.5 Å². The number of nitrogens with two attached hydrogens (primary N) is 1. The van der Waals surface area contributed by atoms with Crippen molar-refractivity contribution < 1.29 is 13.2 Å². The van der Waals surface area contributed by atoms with Crippen LogP contribution in [0.15, 0.2) is 36.5 Å². The van der Waals surface area contributed by atoms with Gasteiger partial charge in [-0.3, -0.25) is 4.79 Å². The summed E-state index contributed by atoms with van der Waals surface area (Å²) in [7, 11) is -2.96. The highest BCUT2D eigenvalue weighted by atomic mass is 35.5. The first-order valence-corrected chi connectivity index (χ1v) is 11.4. The minimum atomic E-state index is -2.96. The number of H-pyrrole nitrogens is 1. The number of sulfone groups is 1. The summed E-state index contributed by atoms with van der Waals surface area (Å²) in [5.41, 5.74) is 9.21. The number of hydrogen-bond acceptors (Lipinski definition) is 3. The van der Waals surface area contributed by atoms with Gasteiger partial charge in [-0.15, -0.1) is 0 Å². The van der Waals surface area contributed by atoms with E-state index < -0.39 is 15.7 Å². The maximum absolute atomic E-state index is 12.1. The number of primary amides is 1. The molecule has 0 atom stereocenters. The second-order valence-electron chi connectivity index (χ2n) is 7.14. The van der Waals surface area contributed by atoms with Crippen LogP contribution in [0.5, 0.6) is 0 Å². The molecule has 0 spiro atoms. The van der Waals surface area contributed by atoms with Gasteiger partial charge in [-0.1, -0.05) is 23.2 Å². The highest BCUT2D eigenvalue weighted by molar-refractivity contribution is 7.91. The molecule has 28 heavy (non-hydrogen) atoms. The Kier molecular flexibility index (Phi) is 4.89. The van der Waals surface area contributed by atoms with Crippen LogP contribution in [-0.2, 0) is 9.84 Å². The molecule has 3 aromatic rings. The van der Waals surface area contributed by atoms with E-state index in [4.69, 9.17) is 28.9 Å². The van der Waals surface area contributed by atoms with E-state index in [2.05, 4.69) is 4.98 Å². The predicted molar refractivity (Wildman–Crippen MR) is 113 cm³/mol. The molecule has 3 N–H and O–H groups in total. The van der Waals surface area contributed by atoms with Crippen LogP contribution >= 0.6 is 23.2 Å². The third-order valence-electron chi connectivity index (χ3n) is 5.28. The van der Waals surface area contributed by atoms with Crippen LogP contribution in [0.1, 0.15) is 34.7 Å². The monoisotopic (exact) mass is 436 g/mol. The molecule has 0 saturated carbocycles. The Labute approximate surface area is 172 Å². The molecule has 8 heteroatoms. The average Bonchev–Trinajstić information content (AvgIpc) is 3.04. The number of benzene rings is 2. The number of nitrogens with one attached hydrogen (secondary N) is 1. The number of fused-ring (bicyclic) bond motifs is 1. The van der Waals surface area contributed by atoms with Crippen molar-refractivity contribution >= 4 is 49.8 Å². The quantitative estimate of drug-likeness (QED) is 0.631. The fourth-order valence-corrected chi connectivity index (χ4v) is 5.89. The van der Waals surface area contributed by atoms with Gasteiger partial charge in [0, 0.05) is 21.6 Å². The Morgan fingerprint density at radius 2 is 1.61 bits per heavy atom. The Morgan fingerprint density at radius 3 is 2.21 bits per heavy atom. The molecule has 4 rings (SSSR count). The lowest BCUT2D eigenvalue weighted by Crippen LogP contribution is -2.22. The minimum Gasteiger partial charge on any atom is -0.366 e. The number of amides is 1. The molecule has 1 amide bonds. The summed E-state index contributed by atoms with van der Waals surface area (Å²) in [6, 6.07) is 8.89. The first-order valence-electron chi connectivity index (χ1n) is 8.85. The van der Waals surface area contributed by atoms with E-state index in [0.29, 0.717) is 34.0 Å². The zero-order valence-corrected chi connectivity index (χ0v) is 17.2. The third kappa shape index (κ3) is 3.64. The van der Waals surface area contributed by atoms with Crippen molar-refractivity contribution in [3.63, 3.8) is 0 Å². The molecular formula is C20H18Cl2N2O3S. The molecule has 1 aliphatic rings. The highest BCUT2D eigenvalue weighted by Crippen LogP contribution is 2.38. The van der Waals surface area contributed by atoms with Crippen LogP contribution in [0.2, 0.25) is 10.0 Å². The lowest BCUT2D eigenvalue weighted by molar-refractivity contribution is 0.100. The molecule has 0 radical (unpaired) electrons. The minimum absolute atomic E-state index is 0.108. The van der Waals surface area contributed by atoms with Crippen molar-refractivity contribution in [2.45, 2.75) is 18.8 Å². The van der Waals surface area contributed by atoms with Crippen molar-refractivity contribution in [2.24, 2.45) is 5.73 Å². The molecule has 1 fully saturated rings. The van der Waals surface area contributed by atoms with Gasteiger partial charge in [0.05, 0.1) is 22.6 Å². The predicted octanol–water partition coefficient (Wildman–Crippen LogP) is 4.53. The van der Waals surface area contributed by atoms with Gasteiger partial charge < -0.3 is 10.7 Å². The van der Waals surface area contributed by atoms with E-state index in [0.717, 1.165) is 22.1 Å². The van der Waals surface area contributed by atoms with Gasteiger partial charge in [-0.2, -0.15) is 0 Å². The standard InChI is InChI=1S/C20H18Cl2N2O3S/c21-14-5-12(6-15(22)9-14)13-7-16-18(11-1-3-28(26,27)4-2-11)10-24-19(16)17(8-13)20(23)25/h5-11,24H,1-4H2,(H2,23,25). The zero-order chi connectivity index (χ0) is 20.1. The number of aromatic nitrogens is 1. The first-order chi connectivity index (χ1) is 13.2. The van der Waals surface area contributed by atoms with E-state index >= 15 is 0 Å². The number of carbonyl (C=O) groups is 1. The van der Waals surface area contributed by atoms with Crippen LogP contribution in [-0.4, -0.2) is 30.8 Å². The summed E-state index contributed by atoms with van der Waals surface area (Å²) >= 11 is 12.3. The number of hydrogen-bond donors (Lipinski definition) is 2. The maximum Gasteiger partial charge on any atom is 0.250 e. The summed E-state index contributed by atoms with van der Waals surface area (Å²) in [5.74, 6) is -0.0801. The smallest absolute Gasteiger partial charge is 0.250 e. The van der Waals surface area contributed by atoms with Gasteiger partial charge in [0.2, 0.25) is 0 Å². The molecule has 0 unspecified atom stereocenters. The summed E-state index contributed by atoms with van der Waals surface area (Å²) in [6.45, 7) is 0. The normalized spacial score (nSPS) is 17.1. The van der Waals surface area contributed by atoms with E-state index in [-0.39, 0.29) is 17.4 Å². The van der Waals surface area contributed by atoms with Crippen LogP contribution in [0.25, 0.3) is 22.0 Å². The molecular weight excluding hydrogens is 419 g/mol. The molecule has 1 aliphatic heterocycles. The molecule has 0 bridgehead atoms. The van der Waals surface area contributed by atoms with Crippen LogP contribution in [0.3, 0.4) is 0 Å². The number of rotatable bonds is 3. The van der Waals surface area contributed by atoms with Crippen LogP contribution in [0, 0.1) is 0 Å². The maximum atomic E-state index is 12.1. The molecule has 5 nitrogen and oxygen atoms in total. The summed E-state index contributed by atoms with van der Waals surface area (Å²) in [4.78, 5) is 15.2. The number of aromatic amines is 1. The zero-order valence-electron chi connectivity index (χ0n) is 14.8. The molecule has 1 saturated heterocycles. The van der Waals surface area contributed by atoms with E-state index in [9.17, 15) is 13.2 Å². The fraction of sp³-hybridized carbons (Fsp3) is 0.250. The Balaban J connectivity index is 1.88. The second-order valence-corrected chi connectivity index (χ2v) is 10.3. The van der Waals surface area contributed by atoms with E-state index in [1.807, 2.05) is 12.3 Å². The largest absolute Gasteiger partial charge is 0.366 e. The molecule has 146 valence electrons. The first kappa shape index (κ1) is 19.3. The fourth-order valence-electron chi connectivity index (χ4n) is 3.87. The van der Waals surface area contributed by atoms with Gasteiger partial charge in [-0.05, 0) is 65.8 Å². The van der Waals surface area contributed by atoms with Crippen molar-refractivity contribution in [1.82, 2.24) is 4.98 Å². The summed E-state index contributed by atoms with van der Waals surface area (Å²) < 4.78 is 23.6. The number of carbonyl (C=O) groups excluding carboxylic acids is 1. The SMILES string of the molecule is NC(=O)c1cc(-c2cc(Cl)cc(Cl)c2)cc2c(C3CCS(=O)(=O)CC3)c[nH]c12. The summed E-state index contributed by atoms with van der Waals surface area (Å²) in [6.07, 6.45) is 2.98. The van der Waals surface area contributed by atoms with E-state index in [1.165, 1.54) is 0 Å². The van der Waals surface area contributed by atoms with Crippen LogP contribution < -0.4 is 5.73 Å². The number of halogens is 2.